The first-order chi connectivity index (χ1) is 11.2. The fraction of sp³-hybridized carbons (Fsp3) is 0.294. The Kier molecular flexibility index (Phi) is 9.48. The zero-order chi connectivity index (χ0) is 16.5. The molecule has 0 saturated heterocycles. The highest BCUT2D eigenvalue weighted by atomic mass is 127. The number of benzene rings is 1. The van der Waals surface area contributed by atoms with Crippen LogP contribution in [0.15, 0.2) is 47.6 Å². The van der Waals surface area contributed by atoms with E-state index in [4.69, 9.17) is 16.3 Å². The van der Waals surface area contributed by atoms with Crippen molar-refractivity contribution < 1.29 is 4.74 Å². The van der Waals surface area contributed by atoms with E-state index in [0.717, 1.165) is 28.7 Å². The van der Waals surface area contributed by atoms with E-state index < -0.39 is 0 Å². The molecule has 2 N–H and O–H groups in total. The Morgan fingerprint density at radius 1 is 1.21 bits per heavy atom. The molecule has 2 aromatic rings. The highest BCUT2D eigenvalue weighted by Crippen LogP contribution is 2.13. The Bertz CT molecular complexity index is 649. The molecule has 0 bridgehead atoms. The third-order valence-electron chi connectivity index (χ3n) is 3.17. The van der Waals surface area contributed by atoms with E-state index in [0.29, 0.717) is 19.0 Å². The Balaban J connectivity index is 0.00000288. The van der Waals surface area contributed by atoms with Gasteiger partial charge in [0, 0.05) is 29.9 Å². The van der Waals surface area contributed by atoms with Crippen LogP contribution in [0.1, 0.15) is 18.1 Å². The van der Waals surface area contributed by atoms with Gasteiger partial charge in [-0.15, -0.1) is 24.0 Å². The van der Waals surface area contributed by atoms with Crippen molar-refractivity contribution in [1.29, 1.82) is 0 Å². The summed E-state index contributed by atoms with van der Waals surface area (Å²) in [6, 6.07) is 11.5. The van der Waals surface area contributed by atoms with Gasteiger partial charge in [0.2, 0.25) is 5.88 Å². The summed E-state index contributed by atoms with van der Waals surface area (Å²) in [5.41, 5.74) is 2.08. The minimum Gasteiger partial charge on any atom is -0.481 e. The minimum atomic E-state index is 0. The molecule has 130 valence electrons. The number of hydrogen-bond acceptors (Lipinski definition) is 3. The molecule has 0 amide bonds. The number of methoxy groups -OCH3 is 1. The lowest BCUT2D eigenvalue weighted by Gasteiger charge is -2.12. The van der Waals surface area contributed by atoms with E-state index >= 15 is 0 Å². The molecule has 0 aliphatic rings. The monoisotopic (exact) mass is 460 g/mol. The van der Waals surface area contributed by atoms with Crippen molar-refractivity contribution >= 4 is 41.5 Å². The number of nitrogens with one attached hydrogen (secondary N) is 2. The van der Waals surface area contributed by atoms with E-state index in [9.17, 15) is 0 Å². The minimum absolute atomic E-state index is 0. The first-order valence-electron chi connectivity index (χ1n) is 7.47. The molecule has 0 aliphatic carbocycles. The predicted molar refractivity (Wildman–Crippen MR) is 109 cm³/mol. The number of guanidine groups is 1. The topological polar surface area (TPSA) is 58.5 Å². The molecule has 0 saturated carbocycles. The van der Waals surface area contributed by atoms with E-state index in [2.05, 4.69) is 20.6 Å². The first kappa shape index (κ1) is 20.5. The van der Waals surface area contributed by atoms with Gasteiger partial charge in [0.25, 0.3) is 0 Å². The van der Waals surface area contributed by atoms with Crippen LogP contribution in [0.4, 0.5) is 0 Å². The van der Waals surface area contributed by atoms with Gasteiger partial charge in [-0.2, -0.15) is 0 Å². The number of pyridine rings is 1. The molecule has 0 atom stereocenters. The number of halogens is 2. The molecular formula is C17H22ClIN4O. The van der Waals surface area contributed by atoms with Crippen LogP contribution in [0.3, 0.4) is 0 Å². The lowest BCUT2D eigenvalue weighted by Crippen LogP contribution is -2.36. The maximum atomic E-state index is 5.89. The summed E-state index contributed by atoms with van der Waals surface area (Å²) >= 11 is 5.89. The smallest absolute Gasteiger partial charge is 0.218 e. The average Bonchev–Trinajstić information content (AvgIpc) is 2.59. The molecule has 7 heteroatoms. The SMILES string of the molecule is CCNC(=NCc1ccc(Cl)cc1)NCc1cccnc1OC.I. The number of aromatic nitrogens is 1. The van der Waals surface area contributed by atoms with Gasteiger partial charge in [0.15, 0.2) is 5.96 Å². The Morgan fingerprint density at radius 3 is 2.62 bits per heavy atom. The summed E-state index contributed by atoms with van der Waals surface area (Å²) in [7, 11) is 1.62. The van der Waals surface area contributed by atoms with E-state index in [1.165, 1.54) is 0 Å². The third-order valence-corrected chi connectivity index (χ3v) is 3.42. The van der Waals surface area contributed by atoms with Gasteiger partial charge in [-0.1, -0.05) is 29.8 Å². The lowest BCUT2D eigenvalue weighted by molar-refractivity contribution is 0.392. The quantitative estimate of drug-likeness (QED) is 0.393. The number of hydrogen-bond donors (Lipinski definition) is 2. The Morgan fingerprint density at radius 2 is 1.96 bits per heavy atom. The van der Waals surface area contributed by atoms with Crippen LogP contribution in [0.5, 0.6) is 5.88 Å². The zero-order valence-corrected chi connectivity index (χ0v) is 16.8. The summed E-state index contributed by atoms with van der Waals surface area (Å²) in [5, 5.41) is 7.24. The Hall–Kier alpha value is -1.54. The van der Waals surface area contributed by atoms with Crippen LogP contribution >= 0.6 is 35.6 Å². The normalized spacial score (nSPS) is 10.7. The second kappa shape index (κ2) is 11.1. The molecule has 2 rings (SSSR count). The number of rotatable bonds is 6. The van der Waals surface area contributed by atoms with E-state index in [1.807, 2.05) is 43.3 Å². The van der Waals surface area contributed by atoms with Gasteiger partial charge in [0.05, 0.1) is 13.7 Å². The van der Waals surface area contributed by atoms with Crippen LogP contribution < -0.4 is 15.4 Å². The molecule has 0 fully saturated rings. The molecule has 0 radical (unpaired) electrons. The second-order valence-corrected chi connectivity index (χ2v) is 5.28. The van der Waals surface area contributed by atoms with Crippen molar-refractivity contribution in [3.8, 4) is 5.88 Å². The van der Waals surface area contributed by atoms with Gasteiger partial charge in [-0.3, -0.25) is 0 Å². The molecule has 1 aromatic heterocycles. The second-order valence-electron chi connectivity index (χ2n) is 4.85. The molecule has 0 spiro atoms. The fourth-order valence-corrected chi connectivity index (χ4v) is 2.15. The molecule has 0 unspecified atom stereocenters. The van der Waals surface area contributed by atoms with Crippen molar-refractivity contribution in [2.75, 3.05) is 13.7 Å². The van der Waals surface area contributed by atoms with Crippen molar-refractivity contribution in [2.24, 2.45) is 4.99 Å². The molecule has 1 heterocycles. The molecule has 0 aliphatic heterocycles. The highest BCUT2D eigenvalue weighted by Gasteiger charge is 2.04. The van der Waals surface area contributed by atoms with Gasteiger partial charge in [-0.25, -0.2) is 9.98 Å². The predicted octanol–water partition coefficient (Wildman–Crippen LogP) is 3.62. The van der Waals surface area contributed by atoms with Crippen LogP contribution in [0, 0.1) is 0 Å². The molecule has 24 heavy (non-hydrogen) atoms. The summed E-state index contributed by atoms with van der Waals surface area (Å²) in [6.07, 6.45) is 1.71. The van der Waals surface area contributed by atoms with Gasteiger partial charge < -0.3 is 15.4 Å². The number of nitrogens with zero attached hydrogens (tertiary/aromatic N) is 2. The maximum Gasteiger partial charge on any atom is 0.218 e. The summed E-state index contributed by atoms with van der Waals surface area (Å²) < 4.78 is 5.25. The fourth-order valence-electron chi connectivity index (χ4n) is 2.02. The summed E-state index contributed by atoms with van der Waals surface area (Å²) in [4.78, 5) is 8.76. The Labute approximate surface area is 164 Å². The van der Waals surface area contributed by atoms with Gasteiger partial charge in [-0.05, 0) is 30.7 Å². The van der Waals surface area contributed by atoms with Crippen molar-refractivity contribution in [2.45, 2.75) is 20.0 Å². The van der Waals surface area contributed by atoms with Crippen LogP contribution in [-0.2, 0) is 13.1 Å². The third kappa shape index (κ3) is 6.52. The summed E-state index contributed by atoms with van der Waals surface area (Å²) in [6.45, 7) is 3.99. The van der Waals surface area contributed by atoms with Crippen LogP contribution in [-0.4, -0.2) is 24.6 Å². The summed E-state index contributed by atoms with van der Waals surface area (Å²) in [5.74, 6) is 1.36. The van der Waals surface area contributed by atoms with Crippen LogP contribution in [0.2, 0.25) is 5.02 Å². The number of aliphatic imine (C=N–C) groups is 1. The van der Waals surface area contributed by atoms with E-state index in [1.54, 1.807) is 13.3 Å². The first-order valence-corrected chi connectivity index (χ1v) is 7.85. The largest absolute Gasteiger partial charge is 0.481 e. The standard InChI is InChI=1S/C17H21ClN4O.HI/c1-3-19-17(21-11-13-6-8-15(18)9-7-13)22-12-14-5-4-10-20-16(14)23-2;/h4-10H,3,11-12H2,1-2H3,(H2,19,21,22);1H. The highest BCUT2D eigenvalue weighted by molar-refractivity contribution is 14.0. The van der Waals surface area contributed by atoms with Crippen molar-refractivity contribution in [3.63, 3.8) is 0 Å². The average molecular weight is 461 g/mol. The van der Waals surface area contributed by atoms with Crippen LogP contribution in [0.25, 0.3) is 0 Å². The molecule has 5 nitrogen and oxygen atoms in total. The van der Waals surface area contributed by atoms with Crippen molar-refractivity contribution in [1.82, 2.24) is 15.6 Å². The lowest BCUT2D eigenvalue weighted by atomic mass is 10.2. The van der Waals surface area contributed by atoms with Gasteiger partial charge in [0.1, 0.15) is 0 Å². The molecular weight excluding hydrogens is 439 g/mol. The maximum absolute atomic E-state index is 5.89. The van der Waals surface area contributed by atoms with Crippen molar-refractivity contribution in [3.05, 3.63) is 58.7 Å². The van der Waals surface area contributed by atoms with Gasteiger partial charge >= 0.3 is 0 Å². The zero-order valence-electron chi connectivity index (χ0n) is 13.8. The number of ether oxygens (including phenoxy) is 1. The van der Waals surface area contributed by atoms with E-state index in [-0.39, 0.29) is 24.0 Å². The molecule has 1 aromatic carbocycles.